The van der Waals surface area contributed by atoms with E-state index in [0.717, 1.165) is 0 Å². The number of carbonyl (C=O) groups is 3. The minimum atomic E-state index is -0.653. The molecular weight excluding hydrogens is 326 g/mol. The molecule has 0 fully saturated rings. The Hall–Kier alpha value is -3.35. The van der Waals surface area contributed by atoms with Crippen LogP contribution in [0.25, 0.3) is 0 Å². The van der Waals surface area contributed by atoms with Crippen molar-refractivity contribution in [2.24, 2.45) is 0 Å². The highest BCUT2D eigenvalue weighted by atomic mass is 16.6. The molecule has 7 nitrogen and oxygen atoms in total. The van der Waals surface area contributed by atoms with E-state index < -0.39 is 23.3 Å². The lowest BCUT2D eigenvalue weighted by molar-refractivity contribution is -0.384. The Morgan fingerprint density at radius 2 is 1.44 bits per heavy atom. The van der Waals surface area contributed by atoms with Crippen molar-refractivity contribution >= 4 is 23.2 Å². The fraction of sp³-hybridized carbons (Fsp3) is 0.167. The number of ether oxygens (including phenoxy) is 1. The minimum absolute atomic E-state index is 0.00539. The van der Waals surface area contributed by atoms with Gasteiger partial charge in [-0.25, -0.2) is 0 Å². The van der Waals surface area contributed by atoms with Crippen molar-refractivity contribution in [3.63, 3.8) is 0 Å². The Bertz CT molecular complexity index is 783. The second kappa shape index (κ2) is 8.49. The molecule has 0 spiro atoms. The number of non-ortho nitro benzene ring substituents is 1. The first-order valence-corrected chi connectivity index (χ1v) is 7.49. The van der Waals surface area contributed by atoms with Crippen LogP contribution in [0.15, 0.2) is 54.6 Å². The first-order valence-electron chi connectivity index (χ1n) is 7.49. The van der Waals surface area contributed by atoms with Gasteiger partial charge in [-0.2, -0.15) is 0 Å². The van der Waals surface area contributed by atoms with Crippen LogP contribution in [0.2, 0.25) is 0 Å². The Morgan fingerprint density at radius 3 is 2.04 bits per heavy atom. The van der Waals surface area contributed by atoms with Crippen molar-refractivity contribution in [2.75, 3.05) is 6.61 Å². The third-order valence-corrected chi connectivity index (χ3v) is 3.42. The van der Waals surface area contributed by atoms with Crippen LogP contribution in [-0.2, 0) is 9.53 Å². The molecule has 2 rings (SSSR count). The van der Waals surface area contributed by atoms with Crippen molar-refractivity contribution in [3.05, 3.63) is 75.8 Å². The summed E-state index contributed by atoms with van der Waals surface area (Å²) >= 11 is 0. The molecule has 25 heavy (non-hydrogen) atoms. The van der Waals surface area contributed by atoms with Gasteiger partial charge < -0.3 is 4.74 Å². The van der Waals surface area contributed by atoms with Gasteiger partial charge in [-0.05, 0) is 12.1 Å². The van der Waals surface area contributed by atoms with Crippen molar-refractivity contribution < 1.29 is 24.0 Å². The average Bonchev–Trinajstić information content (AvgIpc) is 2.64. The van der Waals surface area contributed by atoms with Crippen LogP contribution >= 0.6 is 0 Å². The predicted molar refractivity (Wildman–Crippen MR) is 88.4 cm³/mol. The van der Waals surface area contributed by atoms with E-state index >= 15 is 0 Å². The van der Waals surface area contributed by atoms with Gasteiger partial charge in [0.2, 0.25) is 0 Å². The van der Waals surface area contributed by atoms with Crippen LogP contribution < -0.4 is 0 Å². The Balaban J connectivity index is 1.78. The first kappa shape index (κ1) is 18.0. The van der Waals surface area contributed by atoms with E-state index in [2.05, 4.69) is 0 Å². The van der Waals surface area contributed by atoms with E-state index in [1.807, 2.05) is 0 Å². The van der Waals surface area contributed by atoms with Crippen LogP contribution in [-0.4, -0.2) is 29.1 Å². The molecule has 0 atom stereocenters. The number of Topliss-reactive ketones (excluding diaryl/α,β-unsaturated/α-hetero) is 2. The summed E-state index contributed by atoms with van der Waals surface area (Å²) in [6.45, 7) is -0.476. The number of nitro groups is 1. The van der Waals surface area contributed by atoms with E-state index in [-0.39, 0.29) is 29.9 Å². The standard InChI is InChI=1S/C18H15NO6/c20-16(13-4-2-1-3-5-13)10-11-18(22)25-12-17(21)14-6-8-15(9-7-14)19(23)24/h1-9H,10-12H2. The molecule has 0 amide bonds. The lowest BCUT2D eigenvalue weighted by atomic mass is 10.1. The summed E-state index contributed by atoms with van der Waals surface area (Å²) in [5.41, 5.74) is 0.587. The molecule has 0 N–H and O–H groups in total. The predicted octanol–water partition coefficient (Wildman–Crippen LogP) is 2.98. The van der Waals surface area contributed by atoms with Crippen molar-refractivity contribution in [1.82, 2.24) is 0 Å². The van der Waals surface area contributed by atoms with Crippen molar-refractivity contribution in [1.29, 1.82) is 0 Å². The van der Waals surface area contributed by atoms with E-state index in [4.69, 9.17) is 4.74 Å². The summed E-state index contributed by atoms with van der Waals surface area (Å²) in [7, 11) is 0. The highest BCUT2D eigenvalue weighted by molar-refractivity contribution is 5.99. The largest absolute Gasteiger partial charge is 0.457 e. The van der Waals surface area contributed by atoms with E-state index in [0.29, 0.717) is 5.56 Å². The van der Waals surface area contributed by atoms with Gasteiger partial charge >= 0.3 is 5.97 Å². The quantitative estimate of drug-likeness (QED) is 0.316. The zero-order chi connectivity index (χ0) is 18.2. The zero-order valence-corrected chi connectivity index (χ0v) is 13.2. The average molecular weight is 341 g/mol. The zero-order valence-electron chi connectivity index (χ0n) is 13.2. The topological polar surface area (TPSA) is 104 Å². The van der Waals surface area contributed by atoms with Gasteiger partial charge in [0, 0.05) is 29.7 Å². The van der Waals surface area contributed by atoms with Crippen LogP contribution in [0.1, 0.15) is 33.6 Å². The first-order chi connectivity index (χ1) is 12.0. The molecule has 0 aliphatic heterocycles. The third kappa shape index (κ3) is 5.35. The van der Waals surface area contributed by atoms with E-state index in [9.17, 15) is 24.5 Å². The normalized spacial score (nSPS) is 10.1. The number of esters is 1. The molecule has 0 heterocycles. The van der Waals surface area contributed by atoms with Gasteiger partial charge in [0.05, 0.1) is 11.3 Å². The summed E-state index contributed by atoms with van der Waals surface area (Å²) in [5, 5.41) is 10.6. The van der Waals surface area contributed by atoms with Gasteiger partial charge in [0.1, 0.15) is 0 Å². The lowest BCUT2D eigenvalue weighted by Crippen LogP contribution is -2.15. The highest BCUT2D eigenvalue weighted by Crippen LogP contribution is 2.12. The molecule has 0 bridgehead atoms. The number of ketones is 2. The van der Waals surface area contributed by atoms with E-state index in [1.54, 1.807) is 30.3 Å². The van der Waals surface area contributed by atoms with E-state index in [1.165, 1.54) is 24.3 Å². The van der Waals surface area contributed by atoms with Gasteiger partial charge in [0.15, 0.2) is 18.2 Å². The molecule has 0 aliphatic rings. The maximum Gasteiger partial charge on any atom is 0.306 e. The SMILES string of the molecule is O=C(CCC(=O)c1ccccc1)OCC(=O)c1ccc([N+](=O)[O-])cc1. The van der Waals surface area contributed by atoms with Gasteiger partial charge in [0.25, 0.3) is 5.69 Å². The van der Waals surface area contributed by atoms with Crippen LogP contribution in [0.4, 0.5) is 5.69 Å². The molecule has 0 radical (unpaired) electrons. The molecule has 0 unspecified atom stereocenters. The molecule has 0 saturated heterocycles. The second-order valence-electron chi connectivity index (χ2n) is 5.18. The molecule has 7 heteroatoms. The van der Waals surface area contributed by atoms with Crippen molar-refractivity contribution in [3.8, 4) is 0 Å². The fourth-order valence-electron chi connectivity index (χ4n) is 2.05. The van der Waals surface area contributed by atoms with Gasteiger partial charge in [-0.3, -0.25) is 24.5 Å². The molecule has 0 aromatic heterocycles. The van der Waals surface area contributed by atoms with Gasteiger partial charge in [-0.1, -0.05) is 30.3 Å². The molecule has 0 saturated carbocycles. The summed E-state index contributed by atoms with van der Waals surface area (Å²) in [4.78, 5) is 45.4. The molecular formula is C18H15NO6. The summed E-state index contributed by atoms with van der Waals surface area (Å²) in [6, 6.07) is 13.6. The third-order valence-electron chi connectivity index (χ3n) is 3.42. The summed E-state index contributed by atoms with van der Waals surface area (Å²) in [5.74, 6) is -1.31. The molecule has 128 valence electrons. The Morgan fingerprint density at radius 1 is 0.840 bits per heavy atom. The summed E-state index contributed by atoms with van der Waals surface area (Å²) < 4.78 is 4.85. The molecule has 0 aliphatic carbocycles. The number of hydrogen-bond acceptors (Lipinski definition) is 6. The number of carbonyl (C=O) groups excluding carboxylic acids is 3. The Kier molecular flexibility index (Phi) is 6.11. The van der Waals surface area contributed by atoms with Crippen LogP contribution in [0, 0.1) is 10.1 Å². The van der Waals surface area contributed by atoms with Gasteiger partial charge in [-0.15, -0.1) is 0 Å². The number of benzene rings is 2. The molecule has 2 aromatic carbocycles. The maximum absolute atomic E-state index is 11.9. The lowest BCUT2D eigenvalue weighted by Gasteiger charge is -2.04. The smallest absolute Gasteiger partial charge is 0.306 e. The fourth-order valence-corrected chi connectivity index (χ4v) is 2.05. The maximum atomic E-state index is 11.9. The minimum Gasteiger partial charge on any atom is -0.457 e. The number of nitro benzene ring substituents is 1. The number of hydrogen-bond donors (Lipinski definition) is 0. The summed E-state index contributed by atoms with van der Waals surface area (Å²) in [6.07, 6.45) is -0.129. The number of nitrogens with zero attached hydrogens (tertiary/aromatic N) is 1. The van der Waals surface area contributed by atoms with Crippen LogP contribution in [0.3, 0.4) is 0 Å². The van der Waals surface area contributed by atoms with Crippen molar-refractivity contribution in [2.45, 2.75) is 12.8 Å². The monoisotopic (exact) mass is 341 g/mol. The molecule has 2 aromatic rings. The van der Waals surface area contributed by atoms with Crippen LogP contribution in [0.5, 0.6) is 0 Å². The second-order valence-corrected chi connectivity index (χ2v) is 5.18. The Labute approximate surface area is 143 Å². The number of rotatable bonds is 8. The highest BCUT2D eigenvalue weighted by Gasteiger charge is 2.14.